The van der Waals surface area contributed by atoms with Crippen molar-refractivity contribution in [1.29, 1.82) is 0 Å². The van der Waals surface area contributed by atoms with Gasteiger partial charge in [0.05, 0.1) is 36.6 Å². The number of rotatable bonds is 9. The summed E-state index contributed by atoms with van der Waals surface area (Å²) in [5.74, 6) is -0.526. The largest absolute Gasteiger partial charge is 0.394 e. The smallest absolute Gasteiger partial charge is 0.187 e. The lowest BCUT2D eigenvalue weighted by Gasteiger charge is -2.72. The Labute approximate surface area is 327 Å². The van der Waals surface area contributed by atoms with Crippen molar-refractivity contribution in [3.63, 3.8) is 0 Å². The first-order valence-electron chi connectivity index (χ1n) is 20.8. The zero-order chi connectivity index (χ0) is 40.8. The van der Waals surface area contributed by atoms with Gasteiger partial charge in [0.2, 0.25) is 0 Å². The minimum absolute atomic E-state index is 0.0411. The molecule has 55 heavy (non-hydrogen) atoms. The molecule has 6 fully saturated rings. The van der Waals surface area contributed by atoms with Crippen molar-refractivity contribution >= 4 is 0 Å². The molecule has 2 heterocycles. The Hall–Kier alpha value is -0.780. The molecule has 0 unspecified atom stereocenters. The Morgan fingerprint density at radius 1 is 0.818 bits per heavy atom. The Balaban J connectivity index is 1.38. The van der Waals surface area contributed by atoms with Crippen LogP contribution in [0.4, 0.5) is 0 Å². The van der Waals surface area contributed by atoms with Gasteiger partial charge in [-0.05, 0) is 124 Å². The first kappa shape index (κ1) is 43.8. The second kappa shape index (κ2) is 15.4. The molecule has 13 nitrogen and oxygen atoms in total. The quantitative estimate of drug-likeness (QED) is 0.121. The number of hydrogen-bond acceptors (Lipinski definition) is 13. The Morgan fingerprint density at radius 2 is 1.49 bits per heavy atom. The van der Waals surface area contributed by atoms with E-state index in [9.17, 15) is 46.0 Å². The van der Waals surface area contributed by atoms with Crippen LogP contribution in [0.1, 0.15) is 114 Å². The van der Waals surface area contributed by atoms with Gasteiger partial charge in [0, 0.05) is 0 Å². The summed E-state index contributed by atoms with van der Waals surface area (Å²) in [5.41, 5.74) is -1.71. The highest BCUT2D eigenvalue weighted by Gasteiger charge is 2.73. The average Bonchev–Trinajstić information content (AvgIpc) is 3.49. The molecule has 0 amide bonds. The molecular weight excluding hydrogens is 712 g/mol. The van der Waals surface area contributed by atoms with E-state index in [0.717, 1.165) is 19.3 Å². The first-order valence-corrected chi connectivity index (χ1v) is 20.8. The maximum Gasteiger partial charge on any atom is 0.187 e. The van der Waals surface area contributed by atoms with Gasteiger partial charge in [0.1, 0.15) is 42.7 Å². The van der Waals surface area contributed by atoms with Gasteiger partial charge in [-0.2, -0.15) is 0 Å². The summed E-state index contributed by atoms with van der Waals surface area (Å²) >= 11 is 0. The summed E-state index contributed by atoms with van der Waals surface area (Å²) in [6, 6.07) is 0. The molecule has 0 bridgehead atoms. The number of aliphatic hydroxyl groups excluding tert-OH is 8. The van der Waals surface area contributed by atoms with Crippen molar-refractivity contribution < 1.29 is 64.9 Å². The lowest BCUT2D eigenvalue weighted by molar-refractivity contribution is -0.382. The SMILES string of the molecule is CC(C)=CCC[C@@](C)(O)[C@@H]1CC[C@@]2(C)[C@@H]1[C@@H](O)C[C@@H]1[C@@]3(C)CC[C@H](O)C(C)(C)[C@H]3[C@H](O[C@@H]3O[C@H](CO)[C@@H](O)[C@H](O)[C@H]3O[C@@H]3O[C@@H](C)[C@H](O)[C@@H](O)[C@H]3O)C[C@]12C. The van der Waals surface area contributed by atoms with Gasteiger partial charge in [-0.1, -0.05) is 46.3 Å². The average molecular weight is 785 g/mol. The molecule has 4 aliphatic carbocycles. The van der Waals surface area contributed by atoms with Crippen LogP contribution < -0.4 is 0 Å². The number of fused-ring (bicyclic) bond motifs is 5. The summed E-state index contributed by atoms with van der Waals surface area (Å²) in [5, 5.41) is 100. The predicted molar refractivity (Wildman–Crippen MR) is 201 cm³/mol. The second-order valence-corrected chi connectivity index (χ2v) is 20.3. The van der Waals surface area contributed by atoms with Crippen molar-refractivity contribution in [2.75, 3.05) is 6.61 Å². The van der Waals surface area contributed by atoms with Gasteiger partial charge < -0.3 is 64.9 Å². The van der Waals surface area contributed by atoms with Crippen LogP contribution in [0.5, 0.6) is 0 Å². The van der Waals surface area contributed by atoms with Crippen molar-refractivity contribution in [1.82, 2.24) is 0 Å². The van der Waals surface area contributed by atoms with E-state index in [2.05, 4.69) is 40.7 Å². The molecule has 21 atom stereocenters. The Bertz CT molecular complexity index is 1390. The van der Waals surface area contributed by atoms with Crippen LogP contribution in [-0.2, 0) is 18.9 Å². The van der Waals surface area contributed by atoms with Crippen molar-refractivity contribution in [2.24, 2.45) is 45.3 Å². The maximum absolute atomic E-state index is 12.3. The molecule has 13 heteroatoms. The van der Waals surface area contributed by atoms with Gasteiger partial charge >= 0.3 is 0 Å². The summed E-state index contributed by atoms with van der Waals surface area (Å²) in [4.78, 5) is 0. The van der Waals surface area contributed by atoms with E-state index >= 15 is 0 Å². The van der Waals surface area contributed by atoms with E-state index in [1.54, 1.807) is 0 Å². The molecule has 6 rings (SSSR count). The third-order valence-corrected chi connectivity index (χ3v) is 16.5. The molecule has 6 aliphatic rings. The molecule has 2 saturated heterocycles. The summed E-state index contributed by atoms with van der Waals surface area (Å²) < 4.78 is 25.1. The highest BCUT2D eigenvalue weighted by atomic mass is 16.8. The number of ether oxygens (including phenoxy) is 4. The zero-order valence-electron chi connectivity index (χ0n) is 34.4. The van der Waals surface area contributed by atoms with E-state index in [1.807, 2.05) is 20.8 Å². The normalized spacial score (nSPS) is 53.4. The minimum atomic E-state index is -1.70. The molecule has 0 spiro atoms. The van der Waals surface area contributed by atoms with Crippen LogP contribution in [0.2, 0.25) is 0 Å². The molecule has 4 saturated carbocycles. The Kier molecular flexibility index (Phi) is 12.2. The molecule has 0 aromatic heterocycles. The molecule has 2 aliphatic heterocycles. The number of hydrogen-bond donors (Lipinski definition) is 9. The van der Waals surface area contributed by atoms with Crippen LogP contribution in [0.25, 0.3) is 0 Å². The molecule has 9 N–H and O–H groups in total. The van der Waals surface area contributed by atoms with Gasteiger partial charge in [-0.3, -0.25) is 0 Å². The zero-order valence-corrected chi connectivity index (χ0v) is 34.4. The second-order valence-electron chi connectivity index (χ2n) is 20.3. The molecule has 0 radical (unpaired) electrons. The van der Waals surface area contributed by atoms with Crippen LogP contribution in [-0.4, -0.2) is 138 Å². The van der Waals surface area contributed by atoms with E-state index in [1.165, 1.54) is 12.5 Å². The van der Waals surface area contributed by atoms with Crippen LogP contribution in [0.3, 0.4) is 0 Å². The number of allylic oxidation sites excluding steroid dienone is 2. The van der Waals surface area contributed by atoms with E-state index < -0.39 is 114 Å². The van der Waals surface area contributed by atoms with Gasteiger partial charge in [-0.15, -0.1) is 0 Å². The summed E-state index contributed by atoms with van der Waals surface area (Å²) in [7, 11) is 0. The fourth-order valence-corrected chi connectivity index (χ4v) is 13.3. The lowest BCUT2D eigenvalue weighted by atomic mass is 9.34. The van der Waals surface area contributed by atoms with Gasteiger partial charge in [-0.25, -0.2) is 0 Å². The van der Waals surface area contributed by atoms with Crippen LogP contribution >= 0.6 is 0 Å². The summed E-state index contributed by atoms with van der Waals surface area (Å²) in [6.07, 6.45) is -8.99. The van der Waals surface area contributed by atoms with Crippen LogP contribution in [0, 0.1) is 45.3 Å². The van der Waals surface area contributed by atoms with E-state index in [0.29, 0.717) is 32.1 Å². The molecular formula is C42H72O13. The first-order chi connectivity index (χ1) is 25.5. The lowest BCUT2D eigenvalue weighted by Crippen LogP contribution is -2.71. The third-order valence-electron chi connectivity index (χ3n) is 16.5. The van der Waals surface area contributed by atoms with Crippen molar-refractivity contribution in [3.8, 4) is 0 Å². The van der Waals surface area contributed by atoms with Crippen molar-refractivity contribution in [3.05, 3.63) is 11.6 Å². The monoisotopic (exact) mass is 784 g/mol. The third kappa shape index (κ3) is 7.10. The van der Waals surface area contributed by atoms with Crippen molar-refractivity contribution in [2.45, 2.75) is 199 Å². The number of aliphatic hydroxyl groups is 9. The van der Waals surface area contributed by atoms with Gasteiger partial charge in [0.15, 0.2) is 12.6 Å². The predicted octanol–water partition coefficient (Wildman–Crippen LogP) is 2.15. The van der Waals surface area contributed by atoms with E-state index in [4.69, 9.17) is 18.9 Å². The van der Waals surface area contributed by atoms with Gasteiger partial charge in [0.25, 0.3) is 0 Å². The molecule has 0 aromatic carbocycles. The highest BCUT2D eigenvalue weighted by molar-refractivity contribution is 5.22. The van der Waals surface area contributed by atoms with Crippen LogP contribution in [0.15, 0.2) is 11.6 Å². The van der Waals surface area contributed by atoms with E-state index in [-0.39, 0.29) is 23.7 Å². The fraction of sp³-hybridized carbons (Fsp3) is 0.952. The molecule has 318 valence electrons. The Morgan fingerprint density at radius 3 is 2.13 bits per heavy atom. The maximum atomic E-state index is 12.3. The molecule has 0 aromatic rings. The topological polar surface area (TPSA) is 219 Å². The summed E-state index contributed by atoms with van der Waals surface area (Å²) in [6.45, 7) is 17.8. The highest BCUT2D eigenvalue weighted by Crippen LogP contribution is 2.76. The minimum Gasteiger partial charge on any atom is -0.394 e. The fourth-order valence-electron chi connectivity index (χ4n) is 13.3. The standard InChI is InChI=1S/C42H72O13/c1-20(2)11-10-14-42(9,51)22-12-16-40(7)28(22)23(44)17-26-39(6)15-13-27(45)38(4,5)35(39)24(18-41(26,40)8)53-37-34(32(49)30(47)25(19-43)54-37)55-36-33(50)31(48)29(46)21(3)52-36/h11,21-37,43-51H,10,12-19H2,1-9H3/t21-,22+,23-,24+,25+,26+,27-,28-,29-,30+,31+,32-,33+,34+,35+,36-,37+,39+,40-,41+,42+/m0/s1.